The molecule has 0 fully saturated rings. The Kier molecular flexibility index (Phi) is 5.83. The predicted molar refractivity (Wildman–Crippen MR) is 84.7 cm³/mol. The molecule has 7 heteroatoms. The van der Waals surface area contributed by atoms with E-state index in [4.69, 9.17) is 28.3 Å². The zero-order valence-corrected chi connectivity index (χ0v) is 13.5. The van der Waals surface area contributed by atoms with Gasteiger partial charge in [-0.15, -0.1) is 0 Å². The van der Waals surface area contributed by atoms with E-state index in [1.807, 2.05) is 0 Å². The van der Waals surface area contributed by atoms with Crippen LogP contribution in [-0.4, -0.2) is 31.0 Å². The topological polar surface area (TPSA) is 78.5 Å². The molecule has 22 heavy (non-hydrogen) atoms. The van der Waals surface area contributed by atoms with E-state index in [9.17, 15) is 10.2 Å². The summed E-state index contributed by atoms with van der Waals surface area (Å²) >= 11 is 11.7. The zero-order chi connectivity index (χ0) is 16.3. The fraction of sp³-hybridized carbons (Fsp3) is 0.400. The fourth-order valence-corrected chi connectivity index (χ4v) is 2.49. The van der Waals surface area contributed by atoms with Crippen molar-refractivity contribution in [3.63, 3.8) is 0 Å². The average Bonchev–Trinajstić information content (AvgIpc) is 2.85. The molecule has 0 saturated heterocycles. The molecule has 2 rings (SSSR count). The van der Waals surface area contributed by atoms with Gasteiger partial charge in [0.2, 0.25) is 0 Å². The van der Waals surface area contributed by atoms with Crippen LogP contribution in [0.1, 0.15) is 24.2 Å². The number of aromatic nitrogens is 2. The molecule has 120 valence electrons. The van der Waals surface area contributed by atoms with E-state index in [2.05, 4.69) is 4.98 Å². The number of hydrogen-bond acceptors (Lipinski definition) is 4. The molecule has 1 aromatic carbocycles. The van der Waals surface area contributed by atoms with Crippen molar-refractivity contribution in [3.8, 4) is 0 Å². The van der Waals surface area contributed by atoms with Crippen LogP contribution in [0.2, 0.25) is 10.3 Å². The van der Waals surface area contributed by atoms with Gasteiger partial charge in [-0.2, -0.15) is 0 Å². The number of halogens is 2. The van der Waals surface area contributed by atoms with E-state index < -0.39 is 18.1 Å². The molecule has 0 amide bonds. The summed E-state index contributed by atoms with van der Waals surface area (Å²) in [5.41, 5.74) is 1.45. The lowest BCUT2D eigenvalue weighted by molar-refractivity contribution is 0.0123. The van der Waals surface area contributed by atoms with Gasteiger partial charge < -0.3 is 19.9 Å². The van der Waals surface area contributed by atoms with Gasteiger partial charge >= 0.3 is 0 Å². The summed E-state index contributed by atoms with van der Waals surface area (Å²) in [5, 5.41) is 30.1. The third-order valence-corrected chi connectivity index (χ3v) is 4.49. The third-order valence-electron chi connectivity index (χ3n) is 3.73. The van der Waals surface area contributed by atoms with Crippen LogP contribution in [0.25, 0.3) is 0 Å². The first-order valence-corrected chi connectivity index (χ1v) is 7.61. The summed E-state index contributed by atoms with van der Waals surface area (Å²) in [6.07, 6.45) is -0.209. The highest BCUT2D eigenvalue weighted by atomic mass is 35.5. The molecular formula is C15H18Cl2N2O3. The highest BCUT2D eigenvalue weighted by Crippen LogP contribution is 2.27. The van der Waals surface area contributed by atoms with Gasteiger partial charge in [-0.05, 0) is 11.1 Å². The van der Waals surface area contributed by atoms with Gasteiger partial charge in [-0.1, -0.05) is 54.4 Å². The molecule has 0 aliphatic carbocycles. The lowest BCUT2D eigenvalue weighted by atomic mass is 9.92. The first kappa shape index (κ1) is 17.2. The second kappa shape index (κ2) is 7.44. The first-order chi connectivity index (χ1) is 10.4. The molecule has 0 saturated carbocycles. The van der Waals surface area contributed by atoms with Crippen LogP contribution in [0.5, 0.6) is 0 Å². The second-order valence-electron chi connectivity index (χ2n) is 5.25. The SMILES string of the molecule is C[C@@H]([C@H](O)Cn1cnc(Cl)c1Cl)[C@@H](O)c1ccc(CO)cc1. The minimum Gasteiger partial charge on any atom is -0.392 e. The van der Waals surface area contributed by atoms with Crippen LogP contribution in [0.3, 0.4) is 0 Å². The number of hydrogen-bond donors (Lipinski definition) is 3. The Morgan fingerprint density at radius 3 is 2.32 bits per heavy atom. The summed E-state index contributed by atoms with van der Waals surface area (Å²) < 4.78 is 1.53. The van der Waals surface area contributed by atoms with Gasteiger partial charge in [0.15, 0.2) is 5.15 Å². The molecule has 0 radical (unpaired) electrons. The summed E-state index contributed by atoms with van der Waals surface area (Å²) in [5.74, 6) is -0.419. The van der Waals surface area contributed by atoms with Crippen LogP contribution in [0.4, 0.5) is 0 Å². The predicted octanol–water partition coefficient (Wildman–Crippen LogP) is 2.41. The number of aliphatic hydroxyl groups is 3. The van der Waals surface area contributed by atoms with E-state index in [1.54, 1.807) is 31.2 Å². The molecule has 0 bridgehead atoms. The highest BCUT2D eigenvalue weighted by molar-refractivity contribution is 6.40. The van der Waals surface area contributed by atoms with E-state index in [0.717, 1.165) is 5.56 Å². The maximum Gasteiger partial charge on any atom is 0.166 e. The van der Waals surface area contributed by atoms with Crippen LogP contribution in [-0.2, 0) is 13.2 Å². The average molecular weight is 345 g/mol. The van der Waals surface area contributed by atoms with Crippen LogP contribution >= 0.6 is 23.2 Å². The number of aliphatic hydroxyl groups excluding tert-OH is 3. The van der Waals surface area contributed by atoms with Gasteiger partial charge in [0, 0.05) is 5.92 Å². The van der Waals surface area contributed by atoms with Crippen LogP contribution < -0.4 is 0 Å². The van der Waals surface area contributed by atoms with Crippen molar-refractivity contribution in [3.05, 3.63) is 52.0 Å². The summed E-state index contributed by atoms with van der Waals surface area (Å²) in [6, 6.07) is 6.95. The number of rotatable bonds is 6. The molecule has 1 aromatic heterocycles. The standard InChI is InChI=1S/C15H18Cl2N2O3/c1-9(12(21)6-19-8-18-14(16)15(19)17)13(22)11-4-2-10(7-20)3-5-11/h2-5,8-9,12-13,20-22H,6-7H2,1H3/t9-,12+,13+/m0/s1. The Hall–Kier alpha value is -1.11. The molecule has 0 unspecified atom stereocenters. The van der Waals surface area contributed by atoms with Gasteiger partial charge in [0.05, 0.1) is 31.7 Å². The highest BCUT2D eigenvalue weighted by Gasteiger charge is 2.25. The second-order valence-corrected chi connectivity index (χ2v) is 5.97. The molecule has 0 aliphatic rings. The maximum atomic E-state index is 10.4. The molecule has 1 heterocycles. The quantitative estimate of drug-likeness (QED) is 0.751. The van der Waals surface area contributed by atoms with Gasteiger partial charge in [-0.3, -0.25) is 0 Å². The number of nitrogens with zero attached hydrogens (tertiary/aromatic N) is 2. The Morgan fingerprint density at radius 1 is 1.18 bits per heavy atom. The summed E-state index contributed by atoms with van der Waals surface area (Å²) in [7, 11) is 0. The lowest BCUT2D eigenvalue weighted by Gasteiger charge is -2.25. The minimum absolute atomic E-state index is 0.0472. The van der Waals surface area contributed by atoms with Crippen LogP contribution in [0, 0.1) is 5.92 Å². The number of imidazole rings is 1. The molecule has 3 N–H and O–H groups in total. The Bertz CT molecular complexity index is 616. The smallest absolute Gasteiger partial charge is 0.166 e. The molecule has 0 spiro atoms. The monoisotopic (exact) mass is 344 g/mol. The number of benzene rings is 1. The van der Waals surface area contributed by atoms with Gasteiger partial charge in [0.25, 0.3) is 0 Å². The van der Waals surface area contributed by atoms with E-state index in [-0.39, 0.29) is 23.5 Å². The fourth-order valence-electron chi connectivity index (χ4n) is 2.17. The summed E-state index contributed by atoms with van der Waals surface area (Å²) in [4.78, 5) is 3.85. The van der Waals surface area contributed by atoms with Crippen molar-refractivity contribution in [1.82, 2.24) is 9.55 Å². The molecule has 0 aliphatic heterocycles. The molecule has 5 nitrogen and oxygen atoms in total. The molecular weight excluding hydrogens is 327 g/mol. The Balaban J connectivity index is 2.05. The normalized spacial score (nSPS) is 15.5. The molecule has 3 atom stereocenters. The third kappa shape index (κ3) is 3.80. The Morgan fingerprint density at radius 2 is 1.82 bits per heavy atom. The van der Waals surface area contributed by atoms with E-state index in [0.29, 0.717) is 5.56 Å². The van der Waals surface area contributed by atoms with Crippen molar-refractivity contribution in [1.29, 1.82) is 0 Å². The van der Waals surface area contributed by atoms with Gasteiger partial charge in [-0.25, -0.2) is 4.98 Å². The first-order valence-electron chi connectivity index (χ1n) is 6.86. The van der Waals surface area contributed by atoms with Crippen molar-refractivity contribution in [2.45, 2.75) is 32.3 Å². The maximum absolute atomic E-state index is 10.4. The van der Waals surface area contributed by atoms with Crippen LogP contribution in [0.15, 0.2) is 30.6 Å². The zero-order valence-electron chi connectivity index (χ0n) is 12.0. The largest absolute Gasteiger partial charge is 0.392 e. The Labute approximate surface area is 138 Å². The van der Waals surface area contributed by atoms with Crippen molar-refractivity contribution in [2.75, 3.05) is 0 Å². The van der Waals surface area contributed by atoms with Crippen molar-refractivity contribution >= 4 is 23.2 Å². The van der Waals surface area contributed by atoms with E-state index >= 15 is 0 Å². The van der Waals surface area contributed by atoms with Gasteiger partial charge in [0.1, 0.15) is 5.15 Å². The molecule has 2 aromatic rings. The van der Waals surface area contributed by atoms with E-state index in [1.165, 1.54) is 10.9 Å². The lowest BCUT2D eigenvalue weighted by Crippen LogP contribution is -2.28. The van der Waals surface area contributed by atoms with Crippen molar-refractivity contribution in [2.24, 2.45) is 5.92 Å². The minimum atomic E-state index is -0.833. The summed E-state index contributed by atoms with van der Waals surface area (Å²) in [6.45, 7) is 1.89. The van der Waals surface area contributed by atoms with Crippen molar-refractivity contribution < 1.29 is 15.3 Å².